The van der Waals surface area contributed by atoms with E-state index in [0.717, 1.165) is 49.9 Å². The minimum absolute atomic E-state index is 0. The Balaban J connectivity index is 0. The second-order valence-electron chi connectivity index (χ2n) is 6.72. The molecule has 0 saturated heterocycles. The Kier molecular flexibility index (Phi) is 13.8. The number of rotatable bonds is 4. The van der Waals surface area contributed by atoms with Crippen LogP contribution in [-0.2, 0) is 0 Å². The van der Waals surface area contributed by atoms with E-state index in [4.69, 9.17) is 22.9 Å². The van der Waals surface area contributed by atoms with Crippen LogP contribution in [0.2, 0.25) is 0 Å². The predicted octanol–water partition coefficient (Wildman–Crippen LogP) is -1.46. The maximum atomic E-state index is 5.56. The van der Waals surface area contributed by atoms with Crippen molar-refractivity contribution < 1.29 is 31.0 Å². The summed E-state index contributed by atoms with van der Waals surface area (Å²) in [5.41, 5.74) is 22.2. The van der Waals surface area contributed by atoms with E-state index in [2.05, 4.69) is 0 Å². The molecule has 8 N–H and O–H groups in total. The Morgan fingerprint density at radius 2 is 0.619 bits per heavy atom. The van der Waals surface area contributed by atoms with Crippen LogP contribution in [0.3, 0.4) is 0 Å². The molecule has 0 aromatic rings. The maximum Gasteiger partial charge on any atom is 1.00 e. The Labute approximate surface area is 154 Å². The van der Waals surface area contributed by atoms with Crippen molar-refractivity contribution in [3.05, 3.63) is 0 Å². The molecular weight excluding hydrogens is 271 g/mol. The van der Waals surface area contributed by atoms with Gasteiger partial charge in [-0.1, -0.05) is 0 Å². The SMILES string of the molecule is NCC1CCC(CN)CC1.NCC1CCC(CN)CC1.[H-].[Na+]. The summed E-state index contributed by atoms with van der Waals surface area (Å²) in [5, 5.41) is 0. The van der Waals surface area contributed by atoms with Gasteiger partial charge in [0.25, 0.3) is 0 Å². The average molecular weight is 308 g/mol. The first kappa shape index (κ1) is 21.8. The molecule has 2 fully saturated rings. The van der Waals surface area contributed by atoms with E-state index >= 15 is 0 Å². The van der Waals surface area contributed by atoms with Crippen molar-refractivity contribution >= 4 is 0 Å². The molecule has 0 atom stereocenters. The molecule has 0 aromatic heterocycles. The zero-order valence-electron chi connectivity index (χ0n) is 15.1. The van der Waals surface area contributed by atoms with E-state index in [0.29, 0.717) is 0 Å². The third kappa shape index (κ3) is 8.89. The van der Waals surface area contributed by atoms with Gasteiger partial charge in [0.05, 0.1) is 0 Å². The van der Waals surface area contributed by atoms with Gasteiger partial charge in [-0.25, -0.2) is 0 Å². The van der Waals surface area contributed by atoms with Gasteiger partial charge in [-0.2, -0.15) is 0 Å². The Morgan fingerprint density at radius 1 is 0.476 bits per heavy atom. The molecule has 122 valence electrons. The normalized spacial score (nSPS) is 32.6. The van der Waals surface area contributed by atoms with Crippen LogP contribution in [0.5, 0.6) is 0 Å². The third-order valence-corrected chi connectivity index (χ3v) is 5.27. The van der Waals surface area contributed by atoms with Crippen molar-refractivity contribution in [3.63, 3.8) is 0 Å². The first-order valence-electron chi connectivity index (χ1n) is 8.53. The smallest absolute Gasteiger partial charge is 1.00 e. The van der Waals surface area contributed by atoms with Crippen LogP contribution in [0.1, 0.15) is 52.8 Å². The van der Waals surface area contributed by atoms with Crippen molar-refractivity contribution in [3.8, 4) is 0 Å². The van der Waals surface area contributed by atoms with Gasteiger partial charge in [0.1, 0.15) is 0 Å². The summed E-state index contributed by atoms with van der Waals surface area (Å²) in [6.45, 7) is 3.49. The molecule has 0 spiro atoms. The summed E-state index contributed by atoms with van der Waals surface area (Å²) >= 11 is 0. The van der Waals surface area contributed by atoms with Gasteiger partial charge >= 0.3 is 29.6 Å². The molecule has 2 aliphatic carbocycles. The summed E-state index contributed by atoms with van der Waals surface area (Å²) < 4.78 is 0. The molecule has 0 bridgehead atoms. The maximum absolute atomic E-state index is 5.56. The monoisotopic (exact) mass is 308 g/mol. The molecule has 0 heterocycles. The van der Waals surface area contributed by atoms with E-state index in [9.17, 15) is 0 Å². The first-order valence-corrected chi connectivity index (χ1v) is 8.53. The standard InChI is InChI=1S/2C8H18N2.Na.H/c2*9-5-7-1-2-8(6-10)4-3-7;;/h2*7-8H,1-6,9-10H2;;/q;;+1;-1. The largest absolute Gasteiger partial charge is 1.00 e. The minimum atomic E-state index is 0. The summed E-state index contributed by atoms with van der Waals surface area (Å²) in [4.78, 5) is 0. The van der Waals surface area contributed by atoms with Crippen molar-refractivity contribution in [2.45, 2.75) is 51.4 Å². The topological polar surface area (TPSA) is 104 Å². The molecule has 0 radical (unpaired) electrons. The van der Waals surface area contributed by atoms with Crippen LogP contribution < -0.4 is 52.5 Å². The van der Waals surface area contributed by atoms with Gasteiger partial charge < -0.3 is 24.4 Å². The fourth-order valence-electron chi connectivity index (χ4n) is 3.41. The summed E-state index contributed by atoms with van der Waals surface area (Å²) in [5.74, 6) is 3.18. The predicted molar refractivity (Wildman–Crippen MR) is 88.2 cm³/mol. The summed E-state index contributed by atoms with van der Waals surface area (Å²) in [6.07, 6.45) is 10.4. The summed E-state index contributed by atoms with van der Waals surface area (Å²) in [7, 11) is 0. The molecule has 2 rings (SSSR count). The Morgan fingerprint density at radius 3 is 0.714 bits per heavy atom. The molecule has 21 heavy (non-hydrogen) atoms. The van der Waals surface area contributed by atoms with E-state index < -0.39 is 0 Å². The second kappa shape index (κ2) is 13.3. The van der Waals surface area contributed by atoms with Crippen molar-refractivity contribution in [2.75, 3.05) is 26.2 Å². The fourth-order valence-corrected chi connectivity index (χ4v) is 3.41. The molecule has 2 aliphatic rings. The number of nitrogens with two attached hydrogens (primary N) is 4. The molecular formula is C16H37N4Na. The van der Waals surface area contributed by atoms with Crippen LogP contribution in [0.25, 0.3) is 0 Å². The Hall–Kier alpha value is 0.840. The third-order valence-electron chi connectivity index (χ3n) is 5.27. The second-order valence-corrected chi connectivity index (χ2v) is 6.72. The van der Waals surface area contributed by atoms with Crippen molar-refractivity contribution in [1.82, 2.24) is 0 Å². The molecule has 4 nitrogen and oxygen atoms in total. The number of hydrogen-bond acceptors (Lipinski definition) is 4. The van der Waals surface area contributed by atoms with E-state index in [-0.39, 0.29) is 31.0 Å². The van der Waals surface area contributed by atoms with E-state index in [1.54, 1.807) is 0 Å². The van der Waals surface area contributed by atoms with Crippen LogP contribution in [0, 0.1) is 23.7 Å². The molecule has 5 heteroatoms. The van der Waals surface area contributed by atoms with Gasteiger partial charge in [-0.3, -0.25) is 0 Å². The van der Waals surface area contributed by atoms with Gasteiger partial charge in [0.15, 0.2) is 0 Å². The van der Waals surface area contributed by atoms with Gasteiger partial charge in [-0.15, -0.1) is 0 Å². The molecule has 0 amide bonds. The van der Waals surface area contributed by atoms with Crippen molar-refractivity contribution in [2.24, 2.45) is 46.6 Å². The zero-order valence-corrected chi connectivity index (χ0v) is 16.1. The quantitative estimate of drug-likeness (QED) is 0.476. The van der Waals surface area contributed by atoms with Crippen molar-refractivity contribution in [1.29, 1.82) is 0 Å². The van der Waals surface area contributed by atoms with E-state index in [1.807, 2.05) is 0 Å². The first-order chi connectivity index (χ1) is 9.73. The van der Waals surface area contributed by atoms with E-state index in [1.165, 1.54) is 51.4 Å². The fraction of sp³-hybridized carbons (Fsp3) is 1.00. The molecule has 0 aliphatic heterocycles. The van der Waals surface area contributed by atoms with Crippen LogP contribution in [0.15, 0.2) is 0 Å². The molecule has 0 unspecified atom stereocenters. The van der Waals surface area contributed by atoms with Gasteiger partial charge in [-0.05, 0) is 101 Å². The average Bonchev–Trinajstić information content (AvgIpc) is 2.55. The van der Waals surface area contributed by atoms with Crippen LogP contribution >= 0.6 is 0 Å². The number of hydrogen-bond donors (Lipinski definition) is 4. The van der Waals surface area contributed by atoms with Gasteiger partial charge in [0.2, 0.25) is 0 Å². The van der Waals surface area contributed by atoms with Gasteiger partial charge in [0, 0.05) is 0 Å². The zero-order chi connectivity index (χ0) is 14.8. The minimum Gasteiger partial charge on any atom is -1.00 e. The van der Waals surface area contributed by atoms with Crippen LogP contribution in [-0.4, -0.2) is 26.2 Å². The molecule has 2 saturated carbocycles. The van der Waals surface area contributed by atoms with Crippen LogP contribution in [0.4, 0.5) is 0 Å². The summed E-state index contributed by atoms with van der Waals surface area (Å²) in [6, 6.07) is 0. The Bertz CT molecular complexity index is 182. The molecule has 0 aromatic carbocycles.